The molecule has 2 aromatic heterocycles. The molecule has 4 rings (SSSR count). The number of carbonyl (C=O) groups excluding carboxylic acids is 2. The minimum atomic E-state index is -0.116. The molecule has 0 unspecified atom stereocenters. The summed E-state index contributed by atoms with van der Waals surface area (Å²) in [6.45, 7) is 2.61. The summed E-state index contributed by atoms with van der Waals surface area (Å²) in [5.41, 5.74) is 3.64. The van der Waals surface area contributed by atoms with E-state index in [1.165, 1.54) is 0 Å². The summed E-state index contributed by atoms with van der Waals surface area (Å²) in [5, 5.41) is 14.8. The van der Waals surface area contributed by atoms with Gasteiger partial charge in [0.2, 0.25) is 23.6 Å². The summed E-state index contributed by atoms with van der Waals surface area (Å²) >= 11 is 1.56. The number of nitrogens with zero attached hydrogens (tertiary/aromatic N) is 3. The summed E-state index contributed by atoms with van der Waals surface area (Å²) < 4.78 is 5.60. The average molecular weight is 396 g/mol. The van der Waals surface area contributed by atoms with Crippen LogP contribution in [0.25, 0.3) is 11.5 Å². The Morgan fingerprint density at radius 3 is 2.96 bits per heavy atom. The number of nitrogens with one attached hydrogen (secondary N) is 1. The largest absolute Gasteiger partial charge is 0.421 e. The number of aromatic nitrogens is 2. The van der Waals surface area contributed by atoms with Gasteiger partial charge in [0, 0.05) is 48.1 Å². The highest BCUT2D eigenvalue weighted by Gasteiger charge is 2.23. The fourth-order valence-electron chi connectivity index (χ4n) is 3.29. The van der Waals surface area contributed by atoms with E-state index < -0.39 is 0 Å². The summed E-state index contributed by atoms with van der Waals surface area (Å²) in [5.74, 6) is 0.947. The molecule has 28 heavy (non-hydrogen) atoms. The van der Waals surface area contributed by atoms with Crippen LogP contribution in [-0.2, 0) is 22.4 Å². The molecule has 144 valence electrons. The molecule has 3 heterocycles. The van der Waals surface area contributed by atoms with Gasteiger partial charge in [-0.1, -0.05) is 0 Å². The van der Waals surface area contributed by atoms with E-state index in [-0.39, 0.29) is 18.2 Å². The smallest absolute Gasteiger partial charge is 0.248 e. The minimum Gasteiger partial charge on any atom is -0.421 e. The number of amides is 2. The molecule has 0 radical (unpaired) electrons. The molecule has 0 saturated heterocycles. The molecule has 2 amide bonds. The number of hydrogen-bond donors (Lipinski definition) is 1. The SMILES string of the molecule is CCN1C(=O)CCc2cc(NC(=O)CCc3nnc(-c4ccsc4)o3)ccc21. The van der Waals surface area contributed by atoms with E-state index >= 15 is 0 Å². The molecule has 1 aliphatic rings. The number of anilines is 2. The quantitative estimate of drug-likeness (QED) is 0.687. The van der Waals surface area contributed by atoms with Crippen molar-refractivity contribution in [3.8, 4) is 11.5 Å². The molecular formula is C20H20N4O3S. The number of rotatable bonds is 6. The fraction of sp³-hybridized carbons (Fsp3) is 0.300. The zero-order valence-electron chi connectivity index (χ0n) is 15.5. The van der Waals surface area contributed by atoms with Crippen molar-refractivity contribution in [3.05, 3.63) is 46.5 Å². The van der Waals surface area contributed by atoms with Gasteiger partial charge in [-0.3, -0.25) is 9.59 Å². The second kappa shape index (κ2) is 7.93. The lowest BCUT2D eigenvalue weighted by Crippen LogP contribution is -2.34. The lowest BCUT2D eigenvalue weighted by atomic mass is 10.0. The molecule has 1 aliphatic heterocycles. The molecule has 7 nitrogen and oxygen atoms in total. The normalized spacial score (nSPS) is 13.5. The Morgan fingerprint density at radius 1 is 1.29 bits per heavy atom. The topological polar surface area (TPSA) is 88.3 Å². The monoisotopic (exact) mass is 396 g/mol. The zero-order valence-corrected chi connectivity index (χ0v) is 16.3. The van der Waals surface area contributed by atoms with Gasteiger partial charge < -0.3 is 14.6 Å². The van der Waals surface area contributed by atoms with Crippen LogP contribution < -0.4 is 10.2 Å². The van der Waals surface area contributed by atoms with Crippen molar-refractivity contribution in [1.82, 2.24) is 10.2 Å². The Labute approximate surface area is 166 Å². The van der Waals surface area contributed by atoms with Crippen LogP contribution in [0.3, 0.4) is 0 Å². The lowest BCUT2D eigenvalue weighted by molar-refractivity contribution is -0.119. The van der Waals surface area contributed by atoms with Crippen molar-refractivity contribution in [2.75, 3.05) is 16.8 Å². The zero-order chi connectivity index (χ0) is 19.5. The molecule has 3 aromatic rings. The van der Waals surface area contributed by atoms with Crippen LogP contribution in [0.15, 0.2) is 39.4 Å². The molecule has 1 N–H and O–H groups in total. The number of carbonyl (C=O) groups is 2. The number of thiophene rings is 1. The third-order valence-corrected chi connectivity index (χ3v) is 5.36. The number of aryl methyl sites for hydroxylation is 2. The van der Waals surface area contributed by atoms with Gasteiger partial charge in [0.1, 0.15) is 0 Å². The molecule has 0 saturated carbocycles. The molecule has 0 fully saturated rings. The van der Waals surface area contributed by atoms with Crippen molar-refractivity contribution in [3.63, 3.8) is 0 Å². The predicted molar refractivity (Wildman–Crippen MR) is 107 cm³/mol. The first-order valence-electron chi connectivity index (χ1n) is 9.22. The highest BCUT2D eigenvalue weighted by Crippen LogP contribution is 2.30. The highest BCUT2D eigenvalue weighted by molar-refractivity contribution is 7.08. The summed E-state index contributed by atoms with van der Waals surface area (Å²) in [7, 11) is 0. The van der Waals surface area contributed by atoms with Gasteiger partial charge in [-0.15, -0.1) is 10.2 Å². The fourth-order valence-corrected chi connectivity index (χ4v) is 3.92. The van der Waals surface area contributed by atoms with Crippen molar-refractivity contribution in [2.45, 2.75) is 32.6 Å². The summed E-state index contributed by atoms with van der Waals surface area (Å²) in [6, 6.07) is 7.59. The molecule has 0 aliphatic carbocycles. The highest BCUT2D eigenvalue weighted by atomic mass is 32.1. The van der Waals surface area contributed by atoms with Crippen LogP contribution in [0.2, 0.25) is 0 Å². The third kappa shape index (κ3) is 3.82. The van der Waals surface area contributed by atoms with Gasteiger partial charge in [0.15, 0.2) is 0 Å². The summed E-state index contributed by atoms with van der Waals surface area (Å²) in [6.07, 6.45) is 1.83. The maximum Gasteiger partial charge on any atom is 0.248 e. The van der Waals surface area contributed by atoms with Crippen molar-refractivity contribution in [2.24, 2.45) is 0 Å². The van der Waals surface area contributed by atoms with E-state index in [1.807, 2.05) is 41.9 Å². The maximum atomic E-state index is 12.3. The Kier molecular flexibility index (Phi) is 5.21. The van der Waals surface area contributed by atoms with Crippen LogP contribution in [0.5, 0.6) is 0 Å². The molecule has 1 aromatic carbocycles. The molecular weight excluding hydrogens is 376 g/mol. The van der Waals surface area contributed by atoms with E-state index in [9.17, 15) is 9.59 Å². The Hall–Kier alpha value is -3.00. The van der Waals surface area contributed by atoms with Gasteiger partial charge in [-0.2, -0.15) is 11.3 Å². The second-order valence-corrected chi connectivity index (χ2v) is 7.32. The van der Waals surface area contributed by atoms with Crippen LogP contribution in [0.1, 0.15) is 31.2 Å². The van der Waals surface area contributed by atoms with Crippen LogP contribution >= 0.6 is 11.3 Å². The molecule has 0 spiro atoms. The number of fused-ring (bicyclic) bond motifs is 1. The lowest BCUT2D eigenvalue weighted by Gasteiger charge is -2.28. The van der Waals surface area contributed by atoms with E-state index in [0.717, 1.165) is 22.5 Å². The maximum absolute atomic E-state index is 12.3. The van der Waals surface area contributed by atoms with Crippen molar-refractivity contribution >= 4 is 34.5 Å². The number of benzene rings is 1. The number of hydrogen-bond acceptors (Lipinski definition) is 6. The van der Waals surface area contributed by atoms with Gasteiger partial charge >= 0.3 is 0 Å². The van der Waals surface area contributed by atoms with Gasteiger partial charge in [0.25, 0.3) is 0 Å². The predicted octanol–water partition coefficient (Wildman–Crippen LogP) is 3.67. The van der Waals surface area contributed by atoms with Crippen molar-refractivity contribution < 1.29 is 14.0 Å². The first kappa shape index (κ1) is 18.4. The first-order chi connectivity index (χ1) is 13.6. The van der Waals surface area contributed by atoms with E-state index in [0.29, 0.717) is 37.6 Å². The van der Waals surface area contributed by atoms with Crippen LogP contribution in [0.4, 0.5) is 11.4 Å². The molecule has 0 atom stereocenters. The van der Waals surface area contributed by atoms with E-state index in [4.69, 9.17) is 4.42 Å². The average Bonchev–Trinajstić information content (AvgIpc) is 3.38. The Bertz CT molecular complexity index is 997. The second-order valence-electron chi connectivity index (χ2n) is 6.54. The van der Waals surface area contributed by atoms with E-state index in [2.05, 4.69) is 15.5 Å². The van der Waals surface area contributed by atoms with Crippen LogP contribution in [0, 0.1) is 0 Å². The van der Waals surface area contributed by atoms with Gasteiger partial charge in [0.05, 0.1) is 0 Å². The van der Waals surface area contributed by atoms with Crippen molar-refractivity contribution in [1.29, 1.82) is 0 Å². The van der Waals surface area contributed by atoms with E-state index in [1.54, 1.807) is 16.2 Å². The molecule has 0 bridgehead atoms. The third-order valence-electron chi connectivity index (χ3n) is 4.68. The standard InChI is InChI=1S/C20H20N4O3S/c1-2-24-16-5-4-15(11-13(16)3-8-19(24)26)21-17(25)6-7-18-22-23-20(27-18)14-9-10-28-12-14/h4-5,9-12H,2-3,6-8H2,1H3,(H,21,25). The molecule has 8 heteroatoms. The Morgan fingerprint density at radius 2 is 2.18 bits per heavy atom. The first-order valence-corrected chi connectivity index (χ1v) is 10.2. The Balaban J connectivity index is 1.36. The van der Waals surface area contributed by atoms with Crippen LogP contribution in [-0.4, -0.2) is 28.6 Å². The summed E-state index contributed by atoms with van der Waals surface area (Å²) in [4.78, 5) is 26.1. The minimum absolute atomic E-state index is 0.116. The van der Waals surface area contributed by atoms with Gasteiger partial charge in [-0.05, 0) is 48.6 Å². The van der Waals surface area contributed by atoms with Gasteiger partial charge in [-0.25, -0.2) is 0 Å².